The van der Waals surface area contributed by atoms with E-state index in [0.29, 0.717) is 12.1 Å². The highest BCUT2D eigenvalue weighted by molar-refractivity contribution is 5.90. The molecular formula is C24H26N2O3. The summed E-state index contributed by atoms with van der Waals surface area (Å²) < 4.78 is 0. The van der Waals surface area contributed by atoms with E-state index < -0.39 is 12.1 Å². The normalized spacial score (nSPS) is 13.1. The molecule has 3 aromatic rings. The van der Waals surface area contributed by atoms with Crippen molar-refractivity contribution in [3.63, 3.8) is 0 Å². The molecule has 0 spiro atoms. The van der Waals surface area contributed by atoms with Crippen LogP contribution >= 0.6 is 0 Å². The molecule has 150 valence electrons. The number of nitrogens with one attached hydrogen (secondary N) is 1. The molecule has 0 radical (unpaired) electrons. The fourth-order valence-corrected chi connectivity index (χ4v) is 3.35. The Kier molecular flexibility index (Phi) is 6.75. The van der Waals surface area contributed by atoms with Crippen LogP contribution in [0.3, 0.4) is 0 Å². The number of rotatable bonds is 8. The van der Waals surface area contributed by atoms with Gasteiger partial charge in [0, 0.05) is 30.5 Å². The molecule has 1 heterocycles. The Morgan fingerprint density at radius 3 is 2.45 bits per heavy atom. The predicted molar refractivity (Wildman–Crippen MR) is 114 cm³/mol. The number of carboxylic acids is 1. The van der Waals surface area contributed by atoms with Crippen LogP contribution in [0.5, 0.6) is 0 Å². The maximum absolute atomic E-state index is 11.2. The van der Waals surface area contributed by atoms with E-state index in [9.17, 15) is 9.90 Å². The lowest BCUT2D eigenvalue weighted by Crippen LogP contribution is -2.32. The van der Waals surface area contributed by atoms with Crippen molar-refractivity contribution >= 4 is 5.97 Å². The van der Waals surface area contributed by atoms with E-state index in [1.807, 2.05) is 31.2 Å². The second kappa shape index (κ2) is 9.45. The minimum Gasteiger partial charge on any atom is -0.478 e. The molecule has 0 saturated carbocycles. The third-order valence-electron chi connectivity index (χ3n) is 5.01. The van der Waals surface area contributed by atoms with Crippen LogP contribution in [0.25, 0.3) is 11.1 Å². The monoisotopic (exact) mass is 390 g/mol. The van der Waals surface area contributed by atoms with Gasteiger partial charge in [-0.15, -0.1) is 0 Å². The number of aliphatic hydroxyl groups is 1. The van der Waals surface area contributed by atoms with Crippen molar-refractivity contribution in [2.24, 2.45) is 0 Å². The molecule has 5 nitrogen and oxygen atoms in total. The summed E-state index contributed by atoms with van der Waals surface area (Å²) in [5, 5.41) is 22.8. The average Bonchev–Trinajstić information content (AvgIpc) is 2.73. The van der Waals surface area contributed by atoms with E-state index >= 15 is 0 Å². The zero-order chi connectivity index (χ0) is 20.8. The number of carbonyl (C=O) groups is 1. The third-order valence-corrected chi connectivity index (χ3v) is 5.01. The van der Waals surface area contributed by atoms with Gasteiger partial charge in [-0.25, -0.2) is 4.79 Å². The van der Waals surface area contributed by atoms with Gasteiger partial charge in [0.15, 0.2) is 0 Å². The third kappa shape index (κ3) is 5.50. The lowest BCUT2D eigenvalue weighted by atomic mass is 9.98. The summed E-state index contributed by atoms with van der Waals surface area (Å²) in [6.45, 7) is 4.38. The van der Waals surface area contributed by atoms with Gasteiger partial charge < -0.3 is 15.5 Å². The van der Waals surface area contributed by atoms with Crippen LogP contribution in [-0.4, -0.2) is 33.8 Å². The Morgan fingerprint density at radius 1 is 1.10 bits per heavy atom. The molecule has 2 atom stereocenters. The van der Waals surface area contributed by atoms with E-state index in [0.717, 1.165) is 28.7 Å². The minimum atomic E-state index is -0.903. The summed E-state index contributed by atoms with van der Waals surface area (Å²) in [6, 6.07) is 17.6. The highest BCUT2D eigenvalue weighted by Crippen LogP contribution is 2.23. The van der Waals surface area contributed by atoms with Gasteiger partial charge in [-0.3, -0.25) is 4.98 Å². The molecule has 2 aromatic carbocycles. The van der Waals surface area contributed by atoms with Crippen molar-refractivity contribution in [3.05, 3.63) is 89.2 Å². The molecule has 3 rings (SSSR count). The minimum absolute atomic E-state index is 0.212. The molecule has 0 amide bonds. The number of carboxylic acid groups (broad SMARTS) is 1. The van der Waals surface area contributed by atoms with Crippen molar-refractivity contribution < 1.29 is 15.0 Å². The molecule has 0 saturated heterocycles. The van der Waals surface area contributed by atoms with E-state index in [2.05, 4.69) is 41.5 Å². The van der Waals surface area contributed by atoms with Crippen LogP contribution in [0.15, 0.2) is 67.0 Å². The first-order valence-corrected chi connectivity index (χ1v) is 9.68. The number of aromatic nitrogens is 1. The zero-order valence-corrected chi connectivity index (χ0v) is 16.7. The lowest BCUT2D eigenvalue weighted by molar-refractivity contribution is 0.0696. The first-order chi connectivity index (χ1) is 13.9. The summed E-state index contributed by atoms with van der Waals surface area (Å²) >= 11 is 0. The lowest BCUT2D eigenvalue weighted by Gasteiger charge is -2.17. The van der Waals surface area contributed by atoms with E-state index in [1.54, 1.807) is 18.5 Å². The molecule has 0 unspecified atom stereocenters. The van der Waals surface area contributed by atoms with Gasteiger partial charge in [-0.1, -0.05) is 42.5 Å². The van der Waals surface area contributed by atoms with Crippen LogP contribution in [0, 0.1) is 6.92 Å². The molecule has 3 N–H and O–H groups in total. The Balaban J connectivity index is 1.57. The summed E-state index contributed by atoms with van der Waals surface area (Å²) in [4.78, 5) is 15.2. The van der Waals surface area contributed by atoms with Gasteiger partial charge in [0.25, 0.3) is 0 Å². The number of aryl methyl sites for hydroxylation is 1. The topological polar surface area (TPSA) is 82.5 Å². The van der Waals surface area contributed by atoms with Gasteiger partial charge in [-0.05, 0) is 54.7 Å². The number of aromatic carboxylic acids is 1. The number of pyridine rings is 1. The Labute approximate surface area is 171 Å². The standard InChI is InChI=1S/C24H26N2O3/c1-16-12-20(9-10-22(16)24(28)29)19-7-5-18(6-8-19)13-17(2)26-15-23(27)21-4-3-11-25-14-21/h3-12,14,17,23,26-27H,13,15H2,1-2H3,(H,28,29)/t17-,23-/m1/s1. The van der Waals surface area contributed by atoms with Crippen LogP contribution in [-0.2, 0) is 6.42 Å². The molecule has 5 heteroatoms. The van der Waals surface area contributed by atoms with Crippen molar-refractivity contribution in [1.82, 2.24) is 10.3 Å². The summed E-state index contributed by atoms with van der Waals surface area (Å²) in [5.41, 5.74) is 5.15. The van der Waals surface area contributed by atoms with Crippen molar-refractivity contribution in [1.29, 1.82) is 0 Å². The SMILES string of the molecule is Cc1cc(-c2ccc(C[C@@H](C)NC[C@@H](O)c3cccnc3)cc2)ccc1C(=O)O. The number of hydrogen-bond acceptors (Lipinski definition) is 4. The number of hydrogen-bond donors (Lipinski definition) is 3. The fraction of sp³-hybridized carbons (Fsp3) is 0.250. The van der Waals surface area contributed by atoms with Crippen LogP contribution in [0.1, 0.15) is 40.1 Å². The number of nitrogens with zero attached hydrogens (tertiary/aromatic N) is 1. The summed E-state index contributed by atoms with van der Waals surface area (Å²) in [7, 11) is 0. The maximum atomic E-state index is 11.2. The fourth-order valence-electron chi connectivity index (χ4n) is 3.35. The average molecular weight is 390 g/mol. The largest absolute Gasteiger partial charge is 0.478 e. The second-order valence-corrected chi connectivity index (χ2v) is 7.35. The molecular weight excluding hydrogens is 364 g/mol. The Hall–Kier alpha value is -3.02. The summed E-state index contributed by atoms with van der Waals surface area (Å²) in [6.07, 6.45) is 3.64. The molecule has 1 aromatic heterocycles. The van der Waals surface area contributed by atoms with Gasteiger partial charge in [-0.2, -0.15) is 0 Å². The molecule has 0 aliphatic heterocycles. The first kappa shape index (κ1) is 20.7. The maximum Gasteiger partial charge on any atom is 0.335 e. The summed E-state index contributed by atoms with van der Waals surface area (Å²) in [5.74, 6) is -0.903. The van der Waals surface area contributed by atoms with Crippen molar-refractivity contribution in [2.75, 3.05) is 6.54 Å². The van der Waals surface area contributed by atoms with Gasteiger partial charge in [0.1, 0.15) is 0 Å². The van der Waals surface area contributed by atoms with Gasteiger partial charge in [0.05, 0.1) is 11.7 Å². The van der Waals surface area contributed by atoms with Crippen molar-refractivity contribution in [2.45, 2.75) is 32.4 Å². The number of benzene rings is 2. The Morgan fingerprint density at radius 2 is 1.83 bits per heavy atom. The molecule has 0 bridgehead atoms. The highest BCUT2D eigenvalue weighted by Gasteiger charge is 2.11. The predicted octanol–water partition coefficient (Wildman–Crippen LogP) is 4.01. The number of aliphatic hydroxyl groups excluding tert-OH is 1. The molecule has 0 aliphatic carbocycles. The van der Waals surface area contributed by atoms with E-state index in [-0.39, 0.29) is 6.04 Å². The smallest absolute Gasteiger partial charge is 0.335 e. The first-order valence-electron chi connectivity index (χ1n) is 9.68. The van der Waals surface area contributed by atoms with Gasteiger partial charge >= 0.3 is 5.97 Å². The Bertz CT molecular complexity index is 956. The van der Waals surface area contributed by atoms with Gasteiger partial charge in [0.2, 0.25) is 0 Å². The second-order valence-electron chi connectivity index (χ2n) is 7.35. The quantitative estimate of drug-likeness (QED) is 0.541. The van der Waals surface area contributed by atoms with Crippen molar-refractivity contribution in [3.8, 4) is 11.1 Å². The molecule has 0 fully saturated rings. The van der Waals surface area contributed by atoms with E-state index in [1.165, 1.54) is 5.56 Å². The van der Waals surface area contributed by atoms with Crippen LogP contribution in [0.2, 0.25) is 0 Å². The zero-order valence-electron chi connectivity index (χ0n) is 16.7. The van der Waals surface area contributed by atoms with Crippen LogP contribution in [0.4, 0.5) is 0 Å². The molecule has 29 heavy (non-hydrogen) atoms. The van der Waals surface area contributed by atoms with Crippen LogP contribution < -0.4 is 5.32 Å². The van der Waals surface area contributed by atoms with E-state index in [4.69, 9.17) is 5.11 Å². The molecule has 0 aliphatic rings. The highest BCUT2D eigenvalue weighted by atomic mass is 16.4.